The molecule has 6 nitrogen and oxygen atoms in total. The Morgan fingerprint density at radius 3 is 2.20 bits per heavy atom. The molecule has 3 N–H and O–H groups in total. The van der Waals surface area contributed by atoms with E-state index in [0.717, 1.165) is 28.7 Å². The molecule has 0 saturated heterocycles. The Morgan fingerprint density at radius 1 is 0.943 bits per heavy atom. The number of esters is 1. The first-order chi connectivity index (χ1) is 16.9. The number of ether oxygens (including phenoxy) is 2. The number of halogens is 1. The molecule has 0 aromatic heterocycles. The van der Waals surface area contributed by atoms with Gasteiger partial charge < -0.3 is 20.3 Å². The van der Waals surface area contributed by atoms with Crippen LogP contribution in [0.1, 0.15) is 49.0 Å². The van der Waals surface area contributed by atoms with E-state index in [2.05, 4.69) is 24.3 Å². The number of nitrogens with two attached hydrogens (primary N) is 1. The molecule has 0 radical (unpaired) electrons. The van der Waals surface area contributed by atoms with E-state index < -0.39 is 12.0 Å². The van der Waals surface area contributed by atoms with Crippen molar-refractivity contribution in [3.8, 4) is 16.9 Å². The van der Waals surface area contributed by atoms with E-state index in [1.807, 2.05) is 37.3 Å². The lowest BCUT2D eigenvalue weighted by molar-refractivity contribution is -0.143. The molecular formula is C28H30ClNO5. The van der Waals surface area contributed by atoms with Crippen molar-refractivity contribution in [2.45, 2.75) is 38.7 Å². The topological polar surface area (TPSA) is 98.8 Å². The zero-order chi connectivity index (χ0) is 25.2. The van der Waals surface area contributed by atoms with Crippen molar-refractivity contribution in [2.75, 3.05) is 13.2 Å². The first-order valence-electron chi connectivity index (χ1n) is 11.6. The highest BCUT2D eigenvalue weighted by atomic mass is 35.5. The highest BCUT2D eigenvalue weighted by molar-refractivity contribution is 6.30. The summed E-state index contributed by atoms with van der Waals surface area (Å²) in [5, 5.41) is 10.9. The molecule has 3 aromatic carbocycles. The number of primary amides is 1. The van der Waals surface area contributed by atoms with Crippen molar-refractivity contribution < 1.29 is 24.2 Å². The average Bonchev–Trinajstić information content (AvgIpc) is 2.86. The highest BCUT2D eigenvalue weighted by Gasteiger charge is 2.19. The number of carbonyl (C=O) groups excluding carboxylic acids is 2. The Morgan fingerprint density at radius 2 is 1.57 bits per heavy atom. The minimum Gasteiger partial charge on any atom is -0.493 e. The number of benzene rings is 3. The first-order valence-corrected chi connectivity index (χ1v) is 12.0. The van der Waals surface area contributed by atoms with Crippen molar-refractivity contribution in [1.82, 2.24) is 0 Å². The normalized spacial score (nSPS) is 11.6. The van der Waals surface area contributed by atoms with Crippen LogP contribution in [0.25, 0.3) is 11.1 Å². The van der Waals surface area contributed by atoms with Crippen LogP contribution in [0.15, 0.2) is 66.7 Å². The Balaban J connectivity index is 1.69. The van der Waals surface area contributed by atoms with Gasteiger partial charge in [-0.1, -0.05) is 67.1 Å². The molecule has 7 heteroatoms. The SMILES string of the molecule is CCCOC(=O)CCCOc1cc(Cc2ccc(-c3ccc(Cl)cc3)cc2)ccc1C(O)C(N)=O. The van der Waals surface area contributed by atoms with E-state index in [-0.39, 0.29) is 19.0 Å². The predicted molar refractivity (Wildman–Crippen MR) is 136 cm³/mol. The molecule has 0 spiro atoms. The second-order valence-electron chi connectivity index (χ2n) is 8.23. The molecule has 1 amide bonds. The van der Waals surface area contributed by atoms with Crippen LogP contribution in [0.2, 0.25) is 5.02 Å². The molecule has 0 aliphatic carbocycles. The maximum Gasteiger partial charge on any atom is 0.305 e. The Kier molecular flexibility index (Phi) is 9.70. The number of hydrogen-bond acceptors (Lipinski definition) is 5. The number of amides is 1. The van der Waals surface area contributed by atoms with Crippen LogP contribution >= 0.6 is 11.6 Å². The summed E-state index contributed by atoms with van der Waals surface area (Å²) in [7, 11) is 0. The molecule has 1 unspecified atom stereocenters. The van der Waals surface area contributed by atoms with Crippen LogP contribution < -0.4 is 10.5 Å². The van der Waals surface area contributed by atoms with E-state index in [4.69, 9.17) is 26.8 Å². The maximum atomic E-state index is 11.7. The van der Waals surface area contributed by atoms with Gasteiger partial charge in [-0.15, -0.1) is 0 Å². The molecule has 0 fully saturated rings. The standard InChI is InChI=1S/C28H30ClNO5/c1-2-15-35-26(31)4-3-16-34-25-18-20(7-14-24(25)27(32)28(30)33)17-19-5-8-21(9-6-19)22-10-12-23(29)13-11-22/h5-14,18,27,32H,2-4,15-17H2,1H3,(H2,30,33). The summed E-state index contributed by atoms with van der Waals surface area (Å²) in [6.45, 7) is 2.57. The molecule has 3 aromatic rings. The maximum absolute atomic E-state index is 11.7. The Hall–Kier alpha value is -3.35. The van der Waals surface area contributed by atoms with Crippen LogP contribution in [0.4, 0.5) is 0 Å². The number of aliphatic hydroxyl groups excluding tert-OH is 1. The molecule has 35 heavy (non-hydrogen) atoms. The van der Waals surface area contributed by atoms with Gasteiger partial charge in [-0.05, 0) is 59.7 Å². The zero-order valence-corrected chi connectivity index (χ0v) is 20.5. The van der Waals surface area contributed by atoms with Crippen LogP contribution in [0, 0.1) is 0 Å². The number of rotatable bonds is 12. The summed E-state index contributed by atoms with van der Waals surface area (Å²) in [5.41, 5.74) is 9.81. The monoisotopic (exact) mass is 495 g/mol. The van der Waals surface area contributed by atoms with E-state index in [0.29, 0.717) is 35.8 Å². The number of carbonyl (C=O) groups is 2. The lowest BCUT2D eigenvalue weighted by Crippen LogP contribution is -2.21. The second-order valence-corrected chi connectivity index (χ2v) is 8.67. The zero-order valence-electron chi connectivity index (χ0n) is 19.7. The minimum atomic E-state index is -1.48. The summed E-state index contributed by atoms with van der Waals surface area (Å²) in [6, 6.07) is 21.2. The summed E-state index contributed by atoms with van der Waals surface area (Å²) >= 11 is 5.98. The lowest BCUT2D eigenvalue weighted by atomic mass is 9.98. The van der Waals surface area contributed by atoms with E-state index in [9.17, 15) is 14.7 Å². The second kappa shape index (κ2) is 12.9. The van der Waals surface area contributed by atoms with Crippen molar-refractivity contribution in [3.05, 3.63) is 88.4 Å². The van der Waals surface area contributed by atoms with Gasteiger partial charge in [0.1, 0.15) is 5.75 Å². The molecule has 0 saturated carbocycles. The van der Waals surface area contributed by atoms with E-state index in [1.54, 1.807) is 12.1 Å². The third kappa shape index (κ3) is 7.84. The molecule has 0 bridgehead atoms. The van der Waals surface area contributed by atoms with Gasteiger partial charge in [0.05, 0.1) is 13.2 Å². The van der Waals surface area contributed by atoms with Crippen LogP contribution in [-0.4, -0.2) is 30.2 Å². The fourth-order valence-corrected chi connectivity index (χ4v) is 3.70. The predicted octanol–water partition coefficient (Wildman–Crippen LogP) is 5.23. The molecule has 1 atom stereocenters. The van der Waals surface area contributed by atoms with E-state index >= 15 is 0 Å². The summed E-state index contributed by atoms with van der Waals surface area (Å²) < 4.78 is 10.9. The molecule has 0 aliphatic rings. The Labute approximate surface area is 210 Å². The van der Waals surface area contributed by atoms with Gasteiger partial charge in [0.2, 0.25) is 0 Å². The molecular weight excluding hydrogens is 466 g/mol. The van der Waals surface area contributed by atoms with Crippen LogP contribution in [-0.2, 0) is 20.7 Å². The summed E-state index contributed by atoms with van der Waals surface area (Å²) in [4.78, 5) is 23.2. The number of hydrogen-bond donors (Lipinski definition) is 2. The third-order valence-corrected chi connectivity index (χ3v) is 5.68. The third-order valence-electron chi connectivity index (χ3n) is 5.43. The number of aliphatic hydroxyl groups is 1. The quantitative estimate of drug-likeness (QED) is 0.265. The van der Waals surface area contributed by atoms with Crippen LogP contribution in [0.5, 0.6) is 5.75 Å². The average molecular weight is 496 g/mol. The van der Waals surface area contributed by atoms with Gasteiger partial charge in [0.25, 0.3) is 5.91 Å². The van der Waals surface area contributed by atoms with Crippen molar-refractivity contribution in [2.24, 2.45) is 5.73 Å². The fraction of sp³-hybridized carbons (Fsp3) is 0.286. The Bertz CT molecular complexity index is 1130. The first kappa shape index (κ1) is 26.3. The molecule has 0 heterocycles. The van der Waals surface area contributed by atoms with Gasteiger partial charge in [0.15, 0.2) is 6.10 Å². The molecule has 0 aliphatic heterocycles. The highest BCUT2D eigenvalue weighted by Crippen LogP contribution is 2.29. The van der Waals surface area contributed by atoms with Gasteiger partial charge in [-0.3, -0.25) is 9.59 Å². The molecule has 184 valence electrons. The smallest absolute Gasteiger partial charge is 0.305 e. The van der Waals surface area contributed by atoms with E-state index in [1.165, 1.54) is 0 Å². The van der Waals surface area contributed by atoms with Crippen molar-refractivity contribution in [1.29, 1.82) is 0 Å². The van der Waals surface area contributed by atoms with Crippen LogP contribution in [0.3, 0.4) is 0 Å². The summed E-state index contributed by atoms with van der Waals surface area (Å²) in [5.74, 6) is -0.763. The molecule has 3 rings (SSSR count). The van der Waals surface area contributed by atoms with Crippen molar-refractivity contribution >= 4 is 23.5 Å². The van der Waals surface area contributed by atoms with Gasteiger partial charge in [-0.2, -0.15) is 0 Å². The van der Waals surface area contributed by atoms with Gasteiger partial charge in [-0.25, -0.2) is 0 Å². The largest absolute Gasteiger partial charge is 0.493 e. The fourth-order valence-electron chi connectivity index (χ4n) is 3.57. The lowest BCUT2D eigenvalue weighted by Gasteiger charge is -2.16. The summed E-state index contributed by atoms with van der Waals surface area (Å²) in [6.07, 6.45) is 0.603. The van der Waals surface area contributed by atoms with Gasteiger partial charge >= 0.3 is 5.97 Å². The van der Waals surface area contributed by atoms with Gasteiger partial charge in [0, 0.05) is 17.0 Å². The minimum absolute atomic E-state index is 0.230. The van der Waals surface area contributed by atoms with Crippen molar-refractivity contribution in [3.63, 3.8) is 0 Å².